The average molecular weight is 532 g/mol. The third kappa shape index (κ3) is 4.74. The first-order valence-corrected chi connectivity index (χ1v) is 12.6. The Kier molecular flexibility index (Phi) is 5.91. The maximum Gasteiger partial charge on any atom is 0.272 e. The molecule has 0 spiro atoms. The lowest BCUT2D eigenvalue weighted by molar-refractivity contribution is 0.0740. The standard InChI is InChI=1S/C28H27F2N7O2/c1-28(2,31)16-10-21(15-5-6-19(29)20(30)9-15)34-24(11-16)39-25-17-13-37(14-18(17)25)27(38)23-12-22(35-36(23)3)26-32-7-4-8-33-26/h4-12,17-18,25H,13-14,31H2,1-3H3/t17-,18+,25-. The van der Waals surface area contributed by atoms with E-state index in [9.17, 15) is 13.6 Å². The number of aryl methyl sites for hydroxylation is 1. The number of piperidine rings is 1. The molecule has 2 N–H and O–H groups in total. The number of carbonyl (C=O) groups excluding carboxylic acids is 1. The largest absolute Gasteiger partial charge is 0.474 e. The first-order valence-electron chi connectivity index (χ1n) is 12.6. The lowest BCUT2D eigenvalue weighted by Gasteiger charge is -2.22. The molecule has 4 heterocycles. The smallest absolute Gasteiger partial charge is 0.272 e. The van der Waals surface area contributed by atoms with Crippen molar-refractivity contribution in [1.29, 1.82) is 0 Å². The van der Waals surface area contributed by atoms with E-state index in [1.54, 1.807) is 53.3 Å². The zero-order valence-electron chi connectivity index (χ0n) is 21.7. The number of hydrogen-bond donors (Lipinski definition) is 1. The molecular weight excluding hydrogens is 504 g/mol. The van der Waals surface area contributed by atoms with Crippen molar-refractivity contribution in [3.8, 4) is 28.7 Å². The lowest BCUT2D eigenvalue weighted by atomic mass is 9.95. The highest BCUT2D eigenvalue weighted by Gasteiger charge is 2.59. The van der Waals surface area contributed by atoms with Gasteiger partial charge in [-0.05, 0) is 49.7 Å². The second kappa shape index (κ2) is 9.19. The molecule has 2 aliphatic rings. The van der Waals surface area contributed by atoms with Crippen molar-refractivity contribution in [1.82, 2.24) is 29.6 Å². The molecule has 1 aliphatic heterocycles. The van der Waals surface area contributed by atoms with Crippen molar-refractivity contribution in [3.05, 3.63) is 77.8 Å². The molecule has 1 saturated carbocycles. The molecule has 6 rings (SSSR count). The molecule has 2 fully saturated rings. The van der Waals surface area contributed by atoms with Crippen LogP contribution in [0.3, 0.4) is 0 Å². The van der Waals surface area contributed by atoms with Crippen LogP contribution in [0.15, 0.2) is 54.9 Å². The molecule has 1 saturated heterocycles. The Bertz CT molecular complexity index is 1560. The summed E-state index contributed by atoms with van der Waals surface area (Å²) < 4.78 is 35.2. The number of nitrogens with two attached hydrogens (primary N) is 1. The van der Waals surface area contributed by atoms with Crippen LogP contribution in [0.4, 0.5) is 8.78 Å². The maximum absolute atomic E-state index is 13.9. The van der Waals surface area contributed by atoms with E-state index >= 15 is 0 Å². The molecule has 3 atom stereocenters. The minimum absolute atomic E-state index is 0.102. The Hall–Kier alpha value is -4.25. The van der Waals surface area contributed by atoms with Gasteiger partial charge >= 0.3 is 0 Å². The van der Waals surface area contributed by atoms with Gasteiger partial charge in [0.2, 0.25) is 5.88 Å². The van der Waals surface area contributed by atoms with Crippen molar-refractivity contribution in [2.24, 2.45) is 24.6 Å². The van der Waals surface area contributed by atoms with Crippen LogP contribution in [-0.2, 0) is 12.6 Å². The molecule has 39 heavy (non-hydrogen) atoms. The Morgan fingerprint density at radius 1 is 1.03 bits per heavy atom. The van der Waals surface area contributed by atoms with Gasteiger partial charge in [0.1, 0.15) is 17.5 Å². The van der Waals surface area contributed by atoms with Crippen LogP contribution in [0.1, 0.15) is 29.9 Å². The van der Waals surface area contributed by atoms with E-state index in [0.717, 1.165) is 17.7 Å². The molecule has 200 valence electrons. The Labute approximate surface area is 223 Å². The highest BCUT2D eigenvalue weighted by Crippen LogP contribution is 2.48. The van der Waals surface area contributed by atoms with Gasteiger partial charge in [-0.1, -0.05) is 0 Å². The van der Waals surface area contributed by atoms with Crippen molar-refractivity contribution in [3.63, 3.8) is 0 Å². The SMILES string of the molecule is Cn1nc(-c2ncccn2)cc1C(=O)N1C[C@@H]2[C@H](C1)[C@@H]2Oc1cc(C(C)(C)N)cc(-c2ccc(F)c(F)c2)n1. The van der Waals surface area contributed by atoms with Gasteiger partial charge in [0.05, 0.1) is 5.69 Å². The number of ether oxygens (including phenoxy) is 1. The fraction of sp³-hybridized carbons (Fsp3) is 0.321. The number of fused-ring (bicyclic) bond motifs is 1. The zero-order valence-corrected chi connectivity index (χ0v) is 21.7. The highest BCUT2D eigenvalue weighted by molar-refractivity contribution is 5.94. The molecule has 0 bridgehead atoms. The minimum atomic E-state index is -0.951. The molecule has 9 nitrogen and oxygen atoms in total. The normalized spacial score (nSPS) is 20.2. The molecule has 11 heteroatoms. The lowest BCUT2D eigenvalue weighted by Crippen LogP contribution is -2.34. The number of pyridine rings is 1. The number of hydrogen-bond acceptors (Lipinski definition) is 7. The van der Waals surface area contributed by atoms with E-state index in [0.29, 0.717) is 47.4 Å². The van der Waals surface area contributed by atoms with E-state index in [-0.39, 0.29) is 23.8 Å². The topological polar surface area (TPSA) is 112 Å². The van der Waals surface area contributed by atoms with Gasteiger partial charge in [-0.2, -0.15) is 5.10 Å². The summed E-state index contributed by atoms with van der Waals surface area (Å²) in [7, 11) is 1.73. The van der Waals surface area contributed by atoms with Crippen LogP contribution < -0.4 is 10.5 Å². The van der Waals surface area contributed by atoms with E-state index in [1.807, 2.05) is 13.8 Å². The van der Waals surface area contributed by atoms with Crippen LogP contribution in [0.25, 0.3) is 22.8 Å². The Balaban J connectivity index is 1.17. The van der Waals surface area contributed by atoms with Gasteiger partial charge in [-0.25, -0.2) is 23.7 Å². The van der Waals surface area contributed by atoms with Crippen LogP contribution in [0, 0.1) is 23.5 Å². The van der Waals surface area contributed by atoms with Gasteiger partial charge in [0, 0.05) is 67.6 Å². The maximum atomic E-state index is 13.9. The summed E-state index contributed by atoms with van der Waals surface area (Å²) in [6.07, 6.45) is 3.16. The summed E-state index contributed by atoms with van der Waals surface area (Å²) in [6, 6.07) is 10.6. The molecule has 3 aromatic heterocycles. The first kappa shape index (κ1) is 25.1. The first-order chi connectivity index (χ1) is 18.6. The Morgan fingerprint density at radius 3 is 2.41 bits per heavy atom. The third-order valence-corrected chi connectivity index (χ3v) is 7.31. The molecule has 4 aromatic rings. The third-order valence-electron chi connectivity index (χ3n) is 7.31. The van der Waals surface area contributed by atoms with Crippen LogP contribution in [-0.4, -0.2) is 54.7 Å². The van der Waals surface area contributed by atoms with Crippen molar-refractivity contribution in [2.45, 2.75) is 25.5 Å². The van der Waals surface area contributed by atoms with Gasteiger partial charge < -0.3 is 15.4 Å². The number of nitrogens with zero attached hydrogens (tertiary/aromatic N) is 6. The second-order valence-corrected chi connectivity index (χ2v) is 10.7. The summed E-state index contributed by atoms with van der Waals surface area (Å²) in [5, 5.41) is 4.40. The number of aromatic nitrogens is 5. The van der Waals surface area contributed by atoms with E-state index in [2.05, 4.69) is 20.1 Å². The van der Waals surface area contributed by atoms with Gasteiger partial charge in [-0.3, -0.25) is 9.48 Å². The van der Waals surface area contributed by atoms with Crippen LogP contribution in [0.2, 0.25) is 0 Å². The van der Waals surface area contributed by atoms with E-state index in [4.69, 9.17) is 10.5 Å². The summed E-state index contributed by atoms with van der Waals surface area (Å²) in [6.45, 7) is 4.80. The number of halogens is 2. The molecule has 1 aromatic carbocycles. The summed E-state index contributed by atoms with van der Waals surface area (Å²) in [5.74, 6) is -0.822. The van der Waals surface area contributed by atoms with E-state index < -0.39 is 17.2 Å². The van der Waals surface area contributed by atoms with Gasteiger partial charge in [0.15, 0.2) is 17.5 Å². The average Bonchev–Trinajstić information content (AvgIpc) is 3.22. The summed E-state index contributed by atoms with van der Waals surface area (Å²) in [4.78, 5) is 28.0. The number of amides is 1. The van der Waals surface area contributed by atoms with Gasteiger partial charge in [-0.15, -0.1) is 0 Å². The minimum Gasteiger partial charge on any atom is -0.474 e. The fourth-order valence-electron chi connectivity index (χ4n) is 5.06. The fourth-order valence-corrected chi connectivity index (χ4v) is 5.06. The monoisotopic (exact) mass is 531 g/mol. The van der Waals surface area contributed by atoms with Crippen molar-refractivity contribution >= 4 is 5.91 Å². The van der Waals surface area contributed by atoms with Crippen molar-refractivity contribution < 1.29 is 18.3 Å². The molecule has 1 aliphatic carbocycles. The van der Waals surface area contributed by atoms with Crippen LogP contribution in [0.5, 0.6) is 5.88 Å². The quantitative estimate of drug-likeness (QED) is 0.405. The molecule has 0 radical (unpaired) electrons. The predicted molar refractivity (Wildman–Crippen MR) is 138 cm³/mol. The molecular formula is C28H27F2N7O2. The van der Waals surface area contributed by atoms with E-state index in [1.165, 1.54) is 6.07 Å². The predicted octanol–water partition coefficient (Wildman–Crippen LogP) is 3.56. The zero-order chi connectivity index (χ0) is 27.5. The van der Waals surface area contributed by atoms with Crippen LogP contribution >= 0.6 is 0 Å². The number of benzene rings is 1. The second-order valence-electron chi connectivity index (χ2n) is 10.7. The van der Waals surface area contributed by atoms with Crippen molar-refractivity contribution in [2.75, 3.05) is 13.1 Å². The highest BCUT2D eigenvalue weighted by atomic mass is 19.2. The number of carbonyl (C=O) groups is 1. The molecule has 1 amide bonds. The Morgan fingerprint density at radius 2 is 1.74 bits per heavy atom. The number of rotatable bonds is 6. The molecule has 0 unspecified atom stereocenters. The summed E-state index contributed by atoms with van der Waals surface area (Å²) in [5.41, 5.74) is 8.27. The van der Waals surface area contributed by atoms with Gasteiger partial charge in [0.25, 0.3) is 5.91 Å². The number of likely N-dealkylation sites (tertiary alicyclic amines) is 1. The summed E-state index contributed by atoms with van der Waals surface area (Å²) >= 11 is 0.